The number of rotatable bonds is 57. The Morgan fingerprint density at radius 3 is 1.19 bits per heavy atom. The maximum Gasteiger partial charge on any atom is 0.472 e. The zero-order valence-electron chi connectivity index (χ0n) is 48.4. The molecule has 0 aromatic rings. The van der Waals surface area contributed by atoms with Crippen LogP contribution in [-0.4, -0.2) is 73.4 Å². The van der Waals surface area contributed by atoms with E-state index in [2.05, 4.69) is 55.6 Å². The summed E-state index contributed by atoms with van der Waals surface area (Å²) < 4.78 is 23.7. The molecule has 0 fully saturated rings. The van der Waals surface area contributed by atoms with E-state index in [0.29, 0.717) is 17.4 Å². The number of amides is 1. The Hall–Kier alpha value is -1.54. The number of carbonyl (C=O) groups excluding carboxylic acids is 1. The number of nitrogens with one attached hydrogen (secondary N) is 1. The van der Waals surface area contributed by atoms with Crippen LogP contribution in [0.25, 0.3) is 0 Å². The molecule has 0 saturated heterocycles. The molecule has 72 heavy (non-hydrogen) atoms. The lowest BCUT2D eigenvalue weighted by atomic mass is 10.0. The van der Waals surface area contributed by atoms with E-state index in [9.17, 15) is 19.4 Å². The van der Waals surface area contributed by atoms with Gasteiger partial charge in [0.05, 0.1) is 39.9 Å². The maximum absolute atomic E-state index is 13.0. The number of aliphatic hydroxyl groups is 1. The van der Waals surface area contributed by atoms with Gasteiger partial charge >= 0.3 is 7.82 Å². The Kier molecular flexibility index (Phi) is 53.1. The summed E-state index contributed by atoms with van der Waals surface area (Å²) in [5.74, 6) is -0.185. The second-order valence-corrected chi connectivity index (χ2v) is 23.9. The SMILES string of the molecule is CCCCCCCCCCC/C=C\C/C=C\CCCCCCCCCCCCCCCC(=O)NC(COP(=O)(O)OCC[N+](C)(C)C)C(O)/C=C/CC/C=C/CCCCCCCCCCCCCCCCC. The van der Waals surface area contributed by atoms with Gasteiger partial charge in [-0.25, -0.2) is 4.57 Å². The standard InChI is InChI=1S/C63H121N2O6P/c1-6-8-10-12-14-16-18-20-22-24-26-28-29-30-31-32-33-34-35-37-39-41-43-45-47-49-51-53-55-57-63(67)64-61(60-71-72(68,69)70-59-58-65(3,4)5)62(66)56-54-52-50-48-46-44-42-40-38-36-27-25-23-21-19-17-15-13-11-9-7-2/h26,28,30-31,46,48,54,56,61-62,66H,6-25,27,29,32-45,47,49-53,55,57-60H2,1-5H3,(H-,64,67,68,69)/p+1/b28-26-,31-30-,48-46+,56-54+. The second kappa shape index (κ2) is 54.3. The van der Waals surface area contributed by atoms with Crippen molar-refractivity contribution in [1.29, 1.82) is 0 Å². The molecular formula is C63H122N2O6P+. The van der Waals surface area contributed by atoms with Gasteiger partial charge in [-0.05, 0) is 64.2 Å². The summed E-state index contributed by atoms with van der Waals surface area (Å²) in [5.41, 5.74) is 0. The van der Waals surface area contributed by atoms with Crippen molar-refractivity contribution in [3.05, 3.63) is 48.6 Å². The highest BCUT2D eigenvalue weighted by Gasteiger charge is 2.27. The van der Waals surface area contributed by atoms with Crippen LogP contribution in [0.1, 0.15) is 296 Å². The van der Waals surface area contributed by atoms with Crippen LogP contribution in [0.5, 0.6) is 0 Å². The molecule has 3 unspecified atom stereocenters. The summed E-state index contributed by atoms with van der Waals surface area (Å²) in [6.07, 6.45) is 72.3. The lowest BCUT2D eigenvalue weighted by Crippen LogP contribution is -2.45. The minimum absolute atomic E-state index is 0.0559. The minimum atomic E-state index is -4.36. The van der Waals surface area contributed by atoms with Crippen molar-refractivity contribution in [2.24, 2.45) is 0 Å². The highest BCUT2D eigenvalue weighted by Crippen LogP contribution is 2.43. The average Bonchev–Trinajstić information content (AvgIpc) is 3.34. The monoisotopic (exact) mass is 1030 g/mol. The van der Waals surface area contributed by atoms with E-state index in [4.69, 9.17) is 9.05 Å². The molecule has 1 amide bonds. The molecule has 0 heterocycles. The fourth-order valence-electron chi connectivity index (χ4n) is 9.15. The number of carbonyl (C=O) groups is 1. The summed E-state index contributed by atoms with van der Waals surface area (Å²) in [4.78, 5) is 23.3. The van der Waals surface area contributed by atoms with E-state index in [1.54, 1.807) is 6.08 Å². The molecule has 0 aromatic heterocycles. The van der Waals surface area contributed by atoms with Crippen molar-refractivity contribution in [2.45, 2.75) is 309 Å². The number of hydrogen-bond acceptors (Lipinski definition) is 5. The van der Waals surface area contributed by atoms with Crippen molar-refractivity contribution < 1.29 is 32.9 Å². The first-order valence-electron chi connectivity index (χ1n) is 31.0. The van der Waals surface area contributed by atoms with Crippen LogP contribution in [-0.2, 0) is 18.4 Å². The normalized spacial score (nSPS) is 14.2. The Morgan fingerprint density at radius 2 is 0.806 bits per heavy atom. The van der Waals surface area contributed by atoms with Crippen molar-refractivity contribution in [1.82, 2.24) is 5.32 Å². The van der Waals surface area contributed by atoms with E-state index in [1.807, 2.05) is 27.2 Å². The van der Waals surface area contributed by atoms with E-state index in [1.165, 1.54) is 231 Å². The first-order valence-corrected chi connectivity index (χ1v) is 32.5. The molecule has 424 valence electrons. The van der Waals surface area contributed by atoms with E-state index in [0.717, 1.165) is 44.9 Å². The zero-order chi connectivity index (χ0) is 52.7. The number of aliphatic hydroxyl groups excluding tert-OH is 1. The Bertz CT molecular complexity index is 1310. The van der Waals surface area contributed by atoms with Crippen molar-refractivity contribution in [3.63, 3.8) is 0 Å². The largest absolute Gasteiger partial charge is 0.472 e. The van der Waals surface area contributed by atoms with Crippen LogP contribution in [0.2, 0.25) is 0 Å². The molecule has 0 rings (SSSR count). The lowest BCUT2D eigenvalue weighted by Gasteiger charge is -2.25. The van der Waals surface area contributed by atoms with E-state index < -0.39 is 20.0 Å². The van der Waals surface area contributed by atoms with Gasteiger partial charge in [0.25, 0.3) is 0 Å². The lowest BCUT2D eigenvalue weighted by molar-refractivity contribution is -0.870. The van der Waals surface area contributed by atoms with Crippen LogP contribution < -0.4 is 5.32 Å². The third kappa shape index (κ3) is 56.2. The number of phosphoric acid groups is 1. The van der Waals surface area contributed by atoms with Gasteiger partial charge in [0.2, 0.25) is 5.91 Å². The predicted molar refractivity (Wildman–Crippen MR) is 314 cm³/mol. The summed E-state index contributed by atoms with van der Waals surface area (Å²) in [6.45, 7) is 4.83. The molecule has 0 spiro atoms. The van der Waals surface area contributed by atoms with Gasteiger partial charge in [-0.1, -0.05) is 274 Å². The third-order valence-electron chi connectivity index (χ3n) is 14.0. The molecule has 0 aliphatic carbocycles. The first-order chi connectivity index (χ1) is 35.0. The summed E-state index contributed by atoms with van der Waals surface area (Å²) in [6, 6.07) is -0.865. The smallest absolute Gasteiger partial charge is 0.387 e. The van der Waals surface area contributed by atoms with E-state index in [-0.39, 0.29) is 19.1 Å². The Labute approximate surface area is 448 Å². The fourth-order valence-corrected chi connectivity index (χ4v) is 9.89. The summed E-state index contributed by atoms with van der Waals surface area (Å²) >= 11 is 0. The number of unbranched alkanes of at least 4 members (excludes halogenated alkanes) is 38. The van der Waals surface area contributed by atoms with Crippen molar-refractivity contribution in [2.75, 3.05) is 40.9 Å². The minimum Gasteiger partial charge on any atom is -0.387 e. The first kappa shape index (κ1) is 70.5. The summed E-state index contributed by atoms with van der Waals surface area (Å²) in [5, 5.41) is 13.9. The number of hydrogen-bond donors (Lipinski definition) is 3. The average molecular weight is 1030 g/mol. The topological polar surface area (TPSA) is 105 Å². The number of nitrogens with zero attached hydrogens (tertiary/aromatic N) is 1. The van der Waals surface area contributed by atoms with E-state index >= 15 is 0 Å². The molecule has 3 N–H and O–H groups in total. The fraction of sp³-hybridized carbons (Fsp3) is 0.857. The number of phosphoric ester groups is 1. The van der Waals surface area contributed by atoms with Gasteiger partial charge in [0, 0.05) is 6.42 Å². The Balaban J connectivity index is 4.17. The maximum atomic E-state index is 13.0. The third-order valence-corrected chi connectivity index (χ3v) is 15.0. The molecule has 0 aliphatic rings. The predicted octanol–water partition coefficient (Wildman–Crippen LogP) is 19.1. The second-order valence-electron chi connectivity index (χ2n) is 22.4. The number of allylic oxidation sites excluding steroid dienone is 7. The molecule has 3 atom stereocenters. The molecule has 0 aromatic carbocycles. The van der Waals surface area contributed by atoms with Gasteiger partial charge in [-0.3, -0.25) is 13.8 Å². The molecule has 9 heteroatoms. The zero-order valence-corrected chi connectivity index (χ0v) is 49.3. The van der Waals surface area contributed by atoms with Gasteiger partial charge in [-0.15, -0.1) is 0 Å². The molecule has 0 bridgehead atoms. The molecule has 0 radical (unpaired) electrons. The van der Waals surface area contributed by atoms with Crippen LogP contribution in [0.4, 0.5) is 0 Å². The molecule has 8 nitrogen and oxygen atoms in total. The van der Waals surface area contributed by atoms with Gasteiger partial charge in [-0.2, -0.15) is 0 Å². The molecular weight excluding hydrogens is 912 g/mol. The molecule has 0 saturated carbocycles. The van der Waals surface area contributed by atoms with Crippen LogP contribution in [0.3, 0.4) is 0 Å². The highest BCUT2D eigenvalue weighted by molar-refractivity contribution is 7.47. The molecule has 0 aliphatic heterocycles. The van der Waals surface area contributed by atoms with Crippen LogP contribution in [0, 0.1) is 0 Å². The quantitative estimate of drug-likeness (QED) is 0.0243. The summed E-state index contributed by atoms with van der Waals surface area (Å²) in [7, 11) is 1.56. The van der Waals surface area contributed by atoms with Crippen molar-refractivity contribution in [3.8, 4) is 0 Å². The van der Waals surface area contributed by atoms with Gasteiger partial charge < -0.3 is 19.8 Å². The number of quaternary nitrogens is 1. The van der Waals surface area contributed by atoms with Gasteiger partial charge in [0.15, 0.2) is 0 Å². The number of likely N-dealkylation sites (N-methyl/N-ethyl adjacent to an activating group) is 1. The Morgan fingerprint density at radius 1 is 0.472 bits per heavy atom. The highest BCUT2D eigenvalue weighted by atomic mass is 31.2. The van der Waals surface area contributed by atoms with Crippen molar-refractivity contribution >= 4 is 13.7 Å². The van der Waals surface area contributed by atoms with Crippen LogP contribution >= 0.6 is 7.82 Å². The van der Waals surface area contributed by atoms with Crippen LogP contribution in [0.15, 0.2) is 48.6 Å². The van der Waals surface area contributed by atoms with Gasteiger partial charge in [0.1, 0.15) is 13.2 Å².